The minimum Gasteiger partial charge on any atom is -0.479 e. The number of hydrogen-bond donors (Lipinski definition) is 1. The molecule has 0 aliphatic rings. The zero-order valence-electron chi connectivity index (χ0n) is 16.9. The molecule has 2 aromatic rings. The molecule has 28 heavy (non-hydrogen) atoms. The third-order valence-corrected chi connectivity index (χ3v) is 4.24. The van der Waals surface area contributed by atoms with Crippen molar-refractivity contribution in [2.75, 3.05) is 11.9 Å². The van der Waals surface area contributed by atoms with E-state index in [9.17, 15) is 9.59 Å². The smallest absolute Gasteiger partial charge is 0.347 e. The fraction of sp³-hybridized carbons (Fsp3) is 0.391. The zero-order valence-corrected chi connectivity index (χ0v) is 16.9. The summed E-state index contributed by atoms with van der Waals surface area (Å²) in [6.07, 6.45) is 3.45. The maximum absolute atomic E-state index is 12.4. The van der Waals surface area contributed by atoms with Gasteiger partial charge in [-0.3, -0.25) is 4.79 Å². The average Bonchev–Trinajstić information content (AvgIpc) is 2.71. The minimum absolute atomic E-state index is 0.191. The van der Waals surface area contributed by atoms with Crippen LogP contribution in [0.15, 0.2) is 48.5 Å². The Bertz CT molecular complexity index is 753. The summed E-state index contributed by atoms with van der Waals surface area (Å²) >= 11 is 0. The van der Waals surface area contributed by atoms with Crippen molar-refractivity contribution in [1.29, 1.82) is 0 Å². The number of amides is 1. The molecule has 5 heteroatoms. The molecule has 1 atom stereocenters. The number of rotatable bonds is 10. The highest BCUT2D eigenvalue weighted by atomic mass is 16.6. The minimum atomic E-state index is -0.697. The first-order chi connectivity index (χ1) is 13.5. The van der Waals surface area contributed by atoms with E-state index in [1.54, 1.807) is 31.2 Å². The van der Waals surface area contributed by atoms with Crippen LogP contribution in [0.25, 0.3) is 0 Å². The molecule has 0 bridgehead atoms. The van der Waals surface area contributed by atoms with Crippen LogP contribution in [0.1, 0.15) is 56.0 Å². The van der Waals surface area contributed by atoms with Crippen molar-refractivity contribution in [2.45, 2.75) is 52.6 Å². The normalized spacial score (nSPS) is 11.5. The molecule has 0 aliphatic heterocycles. The molecule has 1 unspecified atom stereocenters. The Morgan fingerprint density at radius 2 is 1.64 bits per heavy atom. The molecule has 0 saturated carbocycles. The van der Waals surface area contributed by atoms with Crippen molar-refractivity contribution in [1.82, 2.24) is 0 Å². The van der Waals surface area contributed by atoms with Crippen molar-refractivity contribution in [3.8, 4) is 5.75 Å². The molecule has 5 nitrogen and oxygen atoms in total. The number of esters is 1. The third kappa shape index (κ3) is 6.72. The lowest BCUT2D eigenvalue weighted by Crippen LogP contribution is -2.26. The lowest BCUT2D eigenvalue weighted by molar-refractivity contribution is -0.151. The largest absolute Gasteiger partial charge is 0.479 e. The summed E-state index contributed by atoms with van der Waals surface area (Å²) in [5.41, 5.74) is 2.55. The number of anilines is 1. The van der Waals surface area contributed by atoms with Gasteiger partial charge in [-0.15, -0.1) is 0 Å². The second-order valence-electron chi connectivity index (χ2n) is 6.71. The number of aryl methyl sites for hydroxylation is 1. The lowest BCUT2D eigenvalue weighted by Gasteiger charge is -2.14. The van der Waals surface area contributed by atoms with Gasteiger partial charge in [0.1, 0.15) is 5.75 Å². The molecule has 0 aromatic heterocycles. The predicted molar refractivity (Wildman–Crippen MR) is 111 cm³/mol. The van der Waals surface area contributed by atoms with Crippen LogP contribution in [-0.2, 0) is 16.0 Å². The van der Waals surface area contributed by atoms with E-state index in [2.05, 4.69) is 12.2 Å². The third-order valence-electron chi connectivity index (χ3n) is 4.24. The van der Waals surface area contributed by atoms with Crippen molar-refractivity contribution in [3.05, 3.63) is 59.7 Å². The SMILES string of the molecule is CCCCc1ccc(NC(=O)c2ccc(OC(C)C(=O)OCCC)cc2)cc1. The van der Waals surface area contributed by atoms with E-state index in [0.29, 0.717) is 17.9 Å². The van der Waals surface area contributed by atoms with Gasteiger partial charge in [-0.25, -0.2) is 4.79 Å². The van der Waals surface area contributed by atoms with Gasteiger partial charge in [-0.05, 0) is 68.1 Å². The van der Waals surface area contributed by atoms with E-state index in [1.165, 1.54) is 5.56 Å². The topological polar surface area (TPSA) is 64.6 Å². The quantitative estimate of drug-likeness (QED) is 0.586. The number of hydrogen-bond acceptors (Lipinski definition) is 4. The maximum atomic E-state index is 12.4. The molecule has 0 spiro atoms. The van der Waals surface area contributed by atoms with Crippen molar-refractivity contribution >= 4 is 17.6 Å². The van der Waals surface area contributed by atoms with Crippen LogP contribution in [-0.4, -0.2) is 24.6 Å². The van der Waals surface area contributed by atoms with Gasteiger partial charge >= 0.3 is 5.97 Å². The van der Waals surface area contributed by atoms with Crippen LogP contribution in [0.3, 0.4) is 0 Å². The highest BCUT2D eigenvalue weighted by Crippen LogP contribution is 2.17. The first-order valence-corrected chi connectivity index (χ1v) is 9.87. The predicted octanol–water partition coefficient (Wildman–Crippen LogP) is 5.00. The Balaban J connectivity index is 1.89. The highest BCUT2D eigenvalue weighted by Gasteiger charge is 2.16. The van der Waals surface area contributed by atoms with E-state index in [4.69, 9.17) is 9.47 Å². The van der Waals surface area contributed by atoms with E-state index in [-0.39, 0.29) is 5.91 Å². The Hall–Kier alpha value is -2.82. The molecule has 0 aliphatic carbocycles. The summed E-state index contributed by atoms with van der Waals surface area (Å²) in [7, 11) is 0. The number of benzene rings is 2. The van der Waals surface area contributed by atoms with E-state index in [0.717, 1.165) is 31.4 Å². The number of carbonyl (C=O) groups excluding carboxylic acids is 2. The summed E-state index contributed by atoms with van der Waals surface area (Å²) in [5, 5.41) is 2.89. The Labute approximate surface area is 167 Å². The summed E-state index contributed by atoms with van der Waals surface area (Å²) < 4.78 is 10.6. The summed E-state index contributed by atoms with van der Waals surface area (Å²) in [5.74, 6) is -0.0768. The van der Waals surface area contributed by atoms with Gasteiger partial charge in [-0.2, -0.15) is 0 Å². The van der Waals surface area contributed by atoms with Gasteiger partial charge in [0.2, 0.25) is 0 Å². The summed E-state index contributed by atoms with van der Waals surface area (Å²) in [6.45, 7) is 6.13. The lowest BCUT2D eigenvalue weighted by atomic mass is 10.1. The summed E-state index contributed by atoms with van der Waals surface area (Å²) in [4.78, 5) is 24.2. The van der Waals surface area contributed by atoms with Gasteiger partial charge in [0.25, 0.3) is 5.91 Å². The monoisotopic (exact) mass is 383 g/mol. The van der Waals surface area contributed by atoms with Crippen LogP contribution in [0, 0.1) is 0 Å². The molecular weight excluding hydrogens is 354 g/mol. The number of unbranched alkanes of at least 4 members (excludes halogenated alkanes) is 1. The Kier molecular flexibility index (Phi) is 8.53. The van der Waals surface area contributed by atoms with Crippen LogP contribution in [0.4, 0.5) is 5.69 Å². The molecule has 0 fully saturated rings. The number of nitrogens with one attached hydrogen (secondary N) is 1. The molecule has 0 heterocycles. The zero-order chi connectivity index (χ0) is 20.4. The standard InChI is InChI=1S/C23H29NO4/c1-4-6-7-18-8-12-20(13-9-18)24-22(25)19-10-14-21(15-11-19)28-17(3)23(26)27-16-5-2/h8-15,17H,4-7,16H2,1-3H3,(H,24,25). The van der Waals surface area contributed by atoms with Crippen molar-refractivity contribution in [3.63, 3.8) is 0 Å². The van der Waals surface area contributed by atoms with E-state index >= 15 is 0 Å². The molecule has 2 rings (SSSR count). The number of ether oxygens (including phenoxy) is 2. The van der Waals surface area contributed by atoms with Gasteiger partial charge < -0.3 is 14.8 Å². The molecule has 2 aromatic carbocycles. The van der Waals surface area contributed by atoms with Gasteiger partial charge in [0.05, 0.1) is 6.61 Å². The fourth-order valence-electron chi connectivity index (χ4n) is 2.60. The summed E-state index contributed by atoms with van der Waals surface area (Å²) in [6, 6.07) is 14.6. The maximum Gasteiger partial charge on any atom is 0.347 e. The first kappa shape index (κ1) is 21.5. The van der Waals surface area contributed by atoms with Crippen LogP contribution >= 0.6 is 0 Å². The molecule has 150 valence electrons. The molecule has 1 amide bonds. The Morgan fingerprint density at radius 3 is 2.25 bits per heavy atom. The fourth-order valence-corrected chi connectivity index (χ4v) is 2.60. The molecular formula is C23H29NO4. The van der Waals surface area contributed by atoms with Crippen molar-refractivity contribution in [2.24, 2.45) is 0 Å². The molecule has 0 radical (unpaired) electrons. The highest BCUT2D eigenvalue weighted by molar-refractivity contribution is 6.04. The molecule has 1 N–H and O–H groups in total. The van der Waals surface area contributed by atoms with Crippen molar-refractivity contribution < 1.29 is 19.1 Å². The Morgan fingerprint density at radius 1 is 0.964 bits per heavy atom. The molecule has 0 saturated heterocycles. The van der Waals surface area contributed by atoms with E-state index in [1.807, 2.05) is 31.2 Å². The van der Waals surface area contributed by atoms with Gasteiger partial charge in [0, 0.05) is 11.3 Å². The van der Waals surface area contributed by atoms with Crippen LogP contribution < -0.4 is 10.1 Å². The van der Waals surface area contributed by atoms with Gasteiger partial charge in [-0.1, -0.05) is 32.4 Å². The number of carbonyl (C=O) groups is 2. The second kappa shape index (κ2) is 11.1. The first-order valence-electron chi connectivity index (χ1n) is 9.87. The van der Waals surface area contributed by atoms with Crippen LogP contribution in [0.5, 0.6) is 5.75 Å². The van der Waals surface area contributed by atoms with Crippen LogP contribution in [0.2, 0.25) is 0 Å². The van der Waals surface area contributed by atoms with E-state index < -0.39 is 12.1 Å². The average molecular weight is 383 g/mol. The second-order valence-corrected chi connectivity index (χ2v) is 6.71. The van der Waals surface area contributed by atoms with Gasteiger partial charge in [0.15, 0.2) is 6.10 Å².